The van der Waals surface area contributed by atoms with Gasteiger partial charge in [-0.15, -0.1) is 0 Å². The lowest BCUT2D eigenvalue weighted by Crippen LogP contribution is -2.32. The van der Waals surface area contributed by atoms with E-state index in [1.54, 1.807) is 0 Å². The van der Waals surface area contributed by atoms with Gasteiger partial charge in [-0.25, -0.2) is 18.3 Å². The minimum atomic E-state index is -0.00803. The van der Waals surface area contributed by atoms with E-state index in [0.717, 1.165) is 26.2 Å². The molecule has 0 saturated heterocycles. The smallest absolute Gasteiger partial charge is 0.244 e. The molecule has 8 nitrogen and oxygen atoms in total. The third kappa shape index (κ3) is 9.12. The van der Waals surface area contributed by atoms with E-state index in [-0.39, 0.29) is 6.10 Å². The van der Waals surface area contributed by atoms with Gasteiger partial charge in [0.1, 0.15) is 51.0 Å². The highest BCUT2D eigenvalue weighted by molar-refractivity contribution is 6.03. The van der Waals surface area contributed by atoms with Gasteiger partial charge in [0.2, 0.25) is 12.7 Å². The first-order valence-electron chi connectivity index (χ1n) is 19.4. The quantitative estimate of drug-likeness (QED) is 0.0485. The first-order valence-corrected chi connectivity index (χ1v) is 19.4. The van der Waals surface area contributed by atoms with Crippen molar-refractivity contribution in [1.82, 2.24) is 9.13 Å². The lowest BCUT2D eigenvalue weighted by molar-refractivity contribution is -0.687. The molecule has 0 fully saturated rings. The van der Waals surface area contributed by atoms with Crippen molar-refractivity contribution in [3.63, 3.8) is 0 Å². The maximum Gasteiger partial charge on any atom is 0.244 e. The SMILES string of the molecule is CC(COCCOCCn1cc[n+](Cc2c3ccccc3cc3ccccc23)c1)OCCOCCn1cc[n+](Cc2c3ccccc3cc3ccccc23)c1. The first-order chi connectivity index (χ1) is 27.2. The number of hydrogen-bond donors (Lipinski definition) is 0. The van der Waals surface area contributed by atoms with E-state index in [1.807, 2.05) is 6.92 Å². The number of imidazole rings is 2. The highest BCUT2D eigenvalue weighted by Gasteiger charge is 2.14. The van der Waals surface area contributed by atoms with Gasteiger partial charge in [0.05, 0.1) is 52.4 Å². The predicted molar refractivity (Wildman–Crippen MR) is 218 cm³/mol. The Morgan fingerprint density at radius 3 is 1.35 bits per heavy atom. The molecule has 280 valence electrons. The molecule has 0 aliphatic carbocycles. The third-order valence-electron chi connectivity index (χ3n) is 10.3. The van der Waals surface area contributed by atoms with Gasteiger partial charge in [0.25, 0.3) is 0 Å². The lowest BCUT2D eigenvalue weighted by Gasteiger charge is -2.13. The molecular formula is C47H50N4O4+2. The third-order valence-corrected chi connectivity index (χ3v) is 10.3. The molecule has 0 aliphatic heterocycles. The van der Waals surface area contributed by atoms with Crippen LogP contribution in [0.2, 0.25) is 0 Å². The number of hydrogen-bond acceptors (Lipinski definition) is 4. The molecule has 8 heteroatoms. The fraction of sp³-hybridized carbons (Fsp3) is 0.277. The van der Waals surface area contributed by atoms with Crippen molar-refractivity contribution in [3.05, 3.63) is 158 Å². The van der Waals surface area contributed by atoms with Crippen LogP contribution in [0.25, 0.3) is 43.1 Å². The van der Waals surface area contributed by atoms with Crippen LogP contribution in [0, 0.1) is 0 Å². The minimum Gasteiger partial charge on any atom is -0.376 e. The number of aromatic nitrogens is 4. The molecule has 8 aromatic rings. The molecule has 2 aromatic heterocycles. The molecule has 8 rings (SSSR count). The summed E-state index contributed by atoms with van der Waals surface area (Å²) in [5, 5.41) is 10.3. The summed E-state index contributed by atoms with van der Waals surface area (Å²) < 4.78 is 32.3. The van der Waals surface area contributed by atoms with Crippen molar-refractivity contribution >= 4 is 43.1 Å². The molecular weight excluding hydrogens is 685 g/mol. The molecule has 1 atom stereocenters. The van der Waals surface area contributed by atoms with Crippen molar-refractivity contribution in [3.8, 4) is 0 Å². The summed E-state index contributed by atoms with van der Waals surface area (Å²) in [6.45, 7) is 9.19. The van der Waals surface area contributed by atoms with Crippen molar-refractivity contribution in [2.75, 3.05) is 46.2 Å². The van der Waals surface area contributed by atoms with Crippen LogP contribution in [-0.4, -0.2) is 61.5 Å². The summed E-state index contributed by atoms with van der Waals surface area (Å²) in [5.41, 5.74) is 2.69. The maximum atomic E-state index is 5.91. The summed E-state index contributed by atoms with van der Waals surface area (Å²) in [6.07, 6.45) is 12.8. The molecule has 0 N–H and O–H groups in total. The molecule has 0 spiro atoms. The molecule has 0 saturated carbocycles. The maximum absolute atomic E-state index is 5.91. The Morgan fingerprint density at radius 1 is 0.491 bits per heavy atom. The molecule has 0 aliphatic rings. The number of ether oxygens (including phenoxy) is 4. The molecule has 55 heavy (non-hydrogen) atoms. The number of benzene rings is 6. The molecule has 6 aromatic carbocycles. The zero-order chi connectivity index (χ0) is 37.2. The monoisotopic (exact) mass is 734 g/mol. The molecule has 2 heterocycles. The van der Waals surface area contributed by atoms with Gasteiger partial charge >= 0.3 is 0 Å². The van der Waals surface area contributed by atoms with Gasteiger partial charge in [-0.1, -0.05) is 97.1 Å². The number of rotatable bonds is 19. The van der Waals surface area contributed by atoms with Crippen LogP contribution in [-0.2, 0) is 45.1 Å². The highest BCUT2D eigenvalue weighted by atomic mass is 16.6. The summed E-state index contributed by atoms with van der Waals surface area (Å²) in [4.78, 5) is 0. The van der Waals surface area contributed by atoms with Gasteiger partial charge in [-0.3, -0.25) is 0 Å². The van der Waals surface area contributed by atoms with Crippen LogP contribution in [0.5, 0.6) is 0 Å². The Labute approximate surface area is 322 Å². The van der Waals surface area contributed by atoms with E-state index in [1.165, 1.54) is 54.2 Å². The largest absolute Gasteiger partial charge is 0.376 e. The van der Waals surface area contributed by atoms with E-state index in [4.69, 9.17) is 18.9 Å². The van der Waals surface area contributed by atoms with Gasteiger partial charge < -0.3 is 18.9 Å². The Bertz CT molecular complexity index is 2380. The van der Waals surface area contributed by atoms with Crippen LogP contribution < -0.4 is 9.13 Å². The molecule has 0 radical (unpaired) electrons. The first kappa shape index (κ1) is 36.6. The minimum absolute atomic E-state index is 0.00803. The summed E-state index contributed by atoms with van der Waals surface area (Å²) >= 11 is 0. The van der Waals surface area contributed by atoms with E-state index in [2.05, 4.69) is 165 Å². The van der Waals surface area contributed by atoms with Crippen LogP contribution >= 0.6 is 0 Å². The highest BCUT2D eigenvalue weighted by Crippen LogP contribution is 2.29. The van der Waals surface area contributed by atoms with Crippen molar-refractivity contribution in [2.45, 2.75) is 39.2 Å². The van der Waals surface area contributed by atoms with Gasteiger partial charge in [0.15, 0.2) is 0 Å². The van der Waals surface area contributed by atoms with E-state index < -0.39 is 0 Å². The second-order valence-corrected chi connectivity index (χ2v) is 14.2. The zero-order valence-electron chi connectivity index (χ0n) is 31.6. The van der Waals surface area contributed by atoms with Crippen LogP contribution in [0.15, 0.2) is 147 Å². The molecule has 0 bridgehead atoms. The van der Waals surface area contributed by atoms with E-state index >= 15 is 0 Å². The Hall–Kier alpha value is -5.38. The van der Waals surface area contributed by atoms with Crippen molar-refractivity contribution in [1.29, 1.82) is 0 Å². The standard InChI is InChI=1S/C47H50N4O4/c1-37(55-29-28-53-25-23-49-19-21-51(36-49)33-47-44-16-8-4-12-40(44)31-41-13-5-9-17-45(41)47)34-54-27-26-52-24-22-48-18-20-50(35-48)32-46-42-14-6-2-10-38(42)30-39-11-3-7-15-43(39)46/h2-21,30-31,35-37H,22-29,32-34H2,1H3/q+2. The Morgan fingerprint density at radius 2 is 0.891 bits per heavy atom. The molecule has 0 amide bonds. The molecule has 1 unspecified atom stereocenters. The summed E-state index contributed by atoms with van der Waals surface area (Å²) in [5.74, 6) is 0. The van der Waals surface area contributed by atoms with Crippen molar-refractivity contribution < 1.29 is 28.1 Å². The normalized spacial score (nSPS) is 12.4. The topological polar surface area (TPSA) is 54.5 Å². The van der Waals surface area contributed by atoms with Crippen molar-refractivity contribution in [2.24, 2.45) is 0 Å². The van der Waals surface area contributed by atoms with Gasteiger partial charge in [-0.05, 0) is 62.1 Å². The number of nitrogens with zero attached hydrogens (tertiary/aromatic N) is 4. The van der Waals surface area contributed by atoms with E-state index in [9.17, 15) is 0 Å². The fourth-order valence-corrected chi connectivity index (χ4v) is 7.52. The van der Waals surface area contributed by atoms with Crippen LogP contribution in [0.4, 0.5) is 0 Å². The lowest BCUT2D eigenvalue weighted by atomic mass is 9.97. The van der Waals surface area contributed by atoms with E-state index in [0.29, 0.717) is 46.2 Å². The van der Waals surface area contributed by atoms with Gasteiger partial charge in [0, 0.05) is 11.1 Å². The fourth-order valence-electron chi connectivity index (χ4n) is 7.52. The summed E-state index contributed by atoms with van der Waals surface area (Å²) in [7, 11) is 0. The average Bonchev–Trinajstić information content (AvgIpc) is 3.87. The van der Waals surface area contributed by atoms with Crippen LogP contribution in [0.3, 0.4) is 0 Å². The second-order valence-electron chi connectivity index (χ2n) is 14.2. The van der Waals surface area contributed by atoms with Gasteiger partial charge in [-0.2, -0.15) is 0 Å². The zero-order valence-corrected chi connectivity index (χ0v) is 31.6. The second kappa shape index (κ2) is 17.8. The average molecular weight is 735 g/mol. The predicted octanol–water partition coefficient (Wildman–Crippen LogP) is 7.73. The Kier molecular flexibility index (Phi) is 11.9. The summed E-state index contributed by atoms with van der Waals surface area (Å²) in [6, 6.07) is 39.2. The van der Waals surface area contributed by atoms with Crippen LogP contribution in [0.1, 0.15) is 18.1 Å². The number of fused-ring (bicyclic) bond motifs is 4. The Balaban J connectivity index is 0.686.